The minimum atomic E-state index is -0.535. The first-order valence-electron chi connectivity index (χ1n) is 20.7. The molecule has 2 N–H and O–H groups in total. The molecule has 4 saturated heterocycles. The number of thioether (sulfide) groups is 2. The van der Waals surface area contributed by atoms with Crippen molar-refractivity contribution in [3.05, 3.63) is 107 Å². The van der Waals surface area contributed by atoms with E-state index in [2.05, 4.69) is 38.3 Å². The maximum absolute atomic E-state index is 14.0. The predicted octanol–water partition coefficient (Wildman–Crippen LogP) is 7.40. The predicted molar refractivity (Wildman–Crippen MR) is 229 cm³/mol. The molecule has 7 rings (SSSR count). The highest BCUT2D eigenvalue weighted by molar-refractivity contribution is 8.00. The van der Waals surface area contributed by atoms with Gasteiger partial charge in [-0.2, -0.15) is 0 Å². The Bertz CT molecular complexity index is 1760. The van der Waals surface area contributed by atoms with E-state index in [-0.39, 0.29) is 70.5 Å². The highest BCUT2D eigenvalue weighted by atomic mass is 32.2. The van der Waals surface area contributed by atoms with Gasteiger partial charge in [-0.05, 0) is 70.3 Å². The van der Waals surface area contributed by atoms with Crippen LogP contribution < -0.4 is 10.6 Å². The maximum atomic E-state index is 14.0. The lowest BCUT2D eigenvalue weighted by Gasteiger charge is -2.33. The van der Waals surface area contributed by atoms with Crippen molar-refractivity contribution >= 4 is 47.2 Å². The number of amides is 4. The van der Waals surface area contributed by atoms with Gasteiger partial charge in [-0.1, -0.05) is 113 Å². The smallest absolute Gasteiger partial charge is 0.243 e. The first kappa shape index (κ1) is 42.3. The van der Waals surface area contributed by atoms with Crippen molar-refractivity contribution < 1.29 is 28.7 Å². The van der Waals surface area contributed by atoms with Crippen LogP contribution in [0.2, 0.25) is 0 Å². The number of rotatable bonds is 14. The quantitative estimate of drug-likeness (QED) is 0.173. The van der Waals surface area contributed by atoms with Gasteiger partial charge in [0.25, 0.3) is 0 Å². The first-order chi connectivity index (χ1) is 27.9. The van der Waals surface area contributed by atoms with Gasteiger partial charge in [-0.15, -0.1) is 23.5 Å². The summed E-state index contributed by atoms with van der Waals surface area (Å²) in [7, 11) is 0. The zero-order chi connectivity index (χ0) is 40.9. The molecule has 3 aromatic rings. The first-order valence-corrected chi connectivity index (χ1v) is 22.8. The second-order valence-electron chi connectivity index (χ2n) is 17.4. The molecule has 3 aromatic carbocycles. The summed E-state index contributed by atoms with van der Waals surface area (Å²) in [5, 5.41) is 6.59. The molecule has 10 nitrogen and oxygen atoms in total. The molecule has 310 valence electrons. The van der Waals surface area contributed by atoms with Gasteiger partial charge < -0.3 is 29.9 Å². The summed E-state index contributed by atoms with van der Waals surface area (Å²) in [4.78, 5) is 58.1. The summed E-state index contributed by atoms with van der Waals surface area (Å²) < 4.78 is 12.5. The molecule has 58 heavy (non-hydrogen) atoms. The van der Waals surface area contributed by atoms with Crippen LogP contribution in [0.1, 0.15) is 101 Å². The van der Waals surface area contributed by atoms with E-state index in [0.29, 0.717) is 26.1 Å². The van der Waals surface area contributed by atoms with Gasteiger partial charge in [0.1, 0.15) is 12.1 Å². The molecule has 0 bridgehead atoms. The molecule has 0 aromatic heterocycles. The van der Waals surface area contributed by atoms with E-state index < -0.39 is 12.1 Å². The van der Waals surface area contributed by atoms with E-state index in [1.54, 1.807) is 23.5 Å². The highest BCUT2D eigenvalue weighted by Crippen LogP contribution is 2.47. The molecule has 0 saturated carbocycles. The van der Waals surface area contributed by atoms with Crippen molar-refractivity contribution in [1.82, 2.24) is 20.4 Å². The lowest BCUT2D eigenvalue weighted by Crippen LogP contribution is -2.53. The van der Waals surface area contributed by atoms with Crippen molar-refractivity contribution in [1.29, 1.82) is 0 Å². The second kappa shape index (κ2) is 18.6. The van der Waals surface area contributed by atoms with Crippen LogP contribution in [0.3, 0.4) is 0 Å². The van der Waals surface area contributed by atoms with E-state index in [1.807, 2.05) is 94.7 Å². The number of carbonyl (C=O) groups excluding carboxylic acids is 4. The van der Waals surface area contributed by atoms with Crippen molar-refractivity contribution in [2.45, 2.75) is 114 Å². The molecule has 12 heteroatoms. The standard InChI is InChI=1S/C46H58N4O6S2/c1-45(2)25-39-49(37(51)17-11-23-57-39)41(45)43(53)47-35(33-13-7-5-8-14-33)29-55-27-31-19-21-32(22-20-31)28-56-30-36(34-15-9-6-10-16-34)48-44(54)42-46(3,4)26-40-50(42)38(52)18-12-24-58-40/h5-10,13-16,19-22,35-36,39-42H,11-12,17-18,23-30H2,1-4H3,(H,47,53)(H,48,54)/t35-,36-,39+,40+,41-,42-/m1/s1. The summed E-state index contributed by atoms with van der Waals surface area (Å²) in [6, 6.07) is 25.9. The number of carbonyl (C=O) groups is 4. The molecular weight excluding hydrogens is 769 g/mol. The van der Waals surface area contributed by atoms with Gasteiger partial charge in [0.2, 0.25) is 23.6 Å². The molecule has 4 aliphatic heterocycles. The topological polar surface area (TPSA) is 117 Å². The van der Waals surface area contributed by atoms with Crippen LogP contribution in [-0.2, 0) is 41.9 Å². The number of hydrogen-bond donors (Lipinski definition) is 2. The van der Waals surface area contributed by atoms with Crippen LogP contribution in [-0.4, -0.2) is 81.0 Å². The van der Waals surface area contributed by atoms with Crippen LogP contribution in [0, 0.1) is 10.8 Å². The minimum absolute atomic E-state index is 0.0285. The number of ether oxygens (including phenoxy) is 2. The molecule has 4 fully saturated rings. The second-order valence-corrected chi connectivity index (χ2v) is 20.0. The molecule has 0 aliphatic carbocycles. The highest BCUT2D eigenvalue weighted by Gasteiger charge is 2.54. The molecule has 4 amide bonds. The Kier molecular flexibility index (Phi) is 13.6. The largest absolute Gasteiger partial charge is 0.374 e. The Hall–Kier alpha value is -3.84. The Morgan fingerprint density at radius 3 is 1.40 bits per heavy atom. The summed E-state index contributed by atoms with van der Waals surface area (Å²) in [6.07, 6.45) is 4.23. The van der Waals surface area contributed by atoms with Crippen LogP contribution in [0.5, 0.6) is 0 Å². The lowest BCUT2D eigenvalue weighted by molar-refractivity contribution is -0.141. The van der Waals surface area contributed by atoms with Gasteiger partial charge >= 0.3 is 0 Å². The normalized spacial score (nSPS) is 24.9. The monoisotopic (exact) mass is 826 g/mol. The number of nitrogens with zero attached hydrogens (tertiary/aromatic N) is 2. The van der Waals surface area contributed by atoms with E-state index in [4.69, 9.17) is 9.47 Å². The van der Waals surface area contributed by atoms with Crippen LogP contribution in [0.25, 0.3) is 0 Å². The summed E-state index contributed by atoms with van der Waals surface area (Å²) >= 11 is 3.58. The zero-order valence-corrected chi connectivity index (χ0v) is 35.8. The average Bonchev–Trinajstić information content (AvgIpc) is 3.48. The summed E-state index contributed by atoms with van der Waals surface area (Å²) in [5.41, 5.74) is 3.18. The van der Waals surface area contributed by atoms with Gasteiger partial charge in [-0.25, -0.2) is 0 Å². The van der Waals surface area contributed by atoms with Crippen molar-refractivity contribution in [3.8, 4) is 0 Å². The minimum Gasteiger partial charge on any atom is -0.374 e. The Balaban J connectivity index is 0.943. The molecular formula is C46H58N4O6S2. The fourth-order valence-corrected chi connectivity index (χ4v) is 12.1. The average molecular weight is 827 g/mol. The Morgan fingerprint density at radius 1 is 0.638 bits per heavy atom. The molecule has 0 radical (unpaired) electrons. The van der Waals surface area contributed by atoms with Gasteiger partial charge in [0.15, 0.2) is 0 Å². The van der Waals surface area contributed by atoms with Gasteiger partial charge in [0.05, 0.1) is 49.3 Å². The molecule has 4 aliphatic rings. The van der Waals surface area contributed by atoms with Crippen molar-refractivity contribution in [2.24, 2.45) is 10.8 Å². The number of hydrogen-bond acceptors (Lipinski definition) is 8. The fraction of sp³-hybridized carbons (Fsp3) is 0.522. The van der Waals surface area contributed by atoms with E-state index in [0.717, 1.165) is 59.4 Å². The Labute approximate surface area is 351 Å². The van der Waals surface area contributed by atoms with Gasteiger partial charge in [0, 0.05) is 12.8 Å². The molecule has 4 heterocycles. The third-order valence-corrected chi connectivity index (χ3v) is 14.6. The summed E-state index contributed by atoms with van der Waals surface area (Å²) in [6.45, 7) is 9.63. The lowest BCUT2D eigenvalue weighted by atomic mass is 9.84. The summed E-state index contributed by atoms with van der Waals surface area (Å²) in [5.74, 6) is 1.73. The maximum Gasteiger partial charge on any atom is 0.243 e. The third kappa shape index (κ3) is 9.78. The third-order valence-electron chi connectivity index (χ3n) is 12.0. The van der Waals surface area contributed by atoms with Crippen LogP contribution in [0.4, 0.5) is 0 Å². The molecule has 0 unspecified atom stereocenters. The number of fused-ring (bicyclic) bond motifs is 2. The number of nitrogens with one attached hydrogen (secondary N) is 2. The van der Waals surface area contributed by atoms with Crippen molar-refractivity contribution in [2.75, 3.05) is 24.7 Å². The molecule has 0 spiro atoms. The van der Waals surface area contributed by atoms with E-state index in [9.17, 15) is 19.2 Å². The Morgan fingerprint density at radius 2 is 1.02 bits per heavy atom. The van der Waals surface area contributed by atoms with Crippen LogP contribution in [0.15, 0.2) is 84.9 Å². The fourth-order valence-electron chi connectivity index (χ4n) is 9.03. The zero-order valence-electron chi connectivity index (χ0n) is 34.2. The van der Waals surface area contributed by atoms with E-state index in [1.165, 1.54) is 0 Å². The SMILES string of the molecule is CC1(C)C[C@@H]2SCCCC(=O)N2[C@@H]1C(=O)N[C@H](COCc1ccc(COC[C@@H](NC(=O)[C@H]2N3C(=O)CCCS[C@H]3CC2(C)C)c2ccccc2)cc1)c1ccccc1. The van der Waals surface area contributed by atoms with Gasteiger partial charge in [-0.3, -0.25) is 19.2 Å². The van der Waals surface area contributed by atoms with Crippen LogP contribution >= 0.6 is 23.5 Å². The van der Waals surface area contributed by atoms with Crippen molar-refractivity contribution in [3.63, 3.8) is 0 Å². The van der Waals surface area contributed by atoms with E-state index >= 15 is 0 Å². The number of benzene rings is 3. The molecule has 6 atom stereocenters.